The normalized spacial score (nSPS) is 11.2. The second-order valence-corrected chi connectivity index (χ2v) is 4.30. The summed E-state index contributed by atoms with van der Waals surface area (Å²) < 4.78 is 0. The predicted molar refractivity (Wildman–Crippen MR) is 79.6 cm³/mol. The number of anilines is 1. The zero-order chi connectivity index (χ0) is 13.9. The molecule has 0 atom stereocenters. The molecular formula is C15H12N4O. The lowest BCUT2D eigenvalue weighted by Gasteiger charge is -2.02. The van der Waals surface area contributed by atoms with Crippen molar-refractivity contribution in [3.05, 3.63) is 64.8 Å². The Morgan fingerprint density at radius 3 is 2.40 bits per heavy atom. The number of rotatable bonds is 2. The van der Waals surface area contributed by atoms with E-state index in [1.54, 1.807) is 30.3 Å². The number of nitrogen functional groups attached to an aromatic ring is 1. The molecule has 0 fully saturated rings. The summed E-state index contributed by atoms with van der Waals surface area (Å²) >= 11 is 0. The average molecular weight is 264 g/mol. The van der Waals surface area contributed by atoms with E-state index in [9.17, 15) is 4.79 Å². The number of fused-ring (bicyclic) bond motifs is 1. The molecule has 98 valence electrons. The van der Waals surface area contributed by atoms with Gasteiger partial charge in [-0.1, -0.05) is 30.3 Å². The molecule has 20 heavy (non-hydrogen) atoms. The number of hydrogen-bond acceptors (Lipinski definition) is 4. The SMILES string of the molecule is Nc1[nH]c2ccccc2c(=O)c1N=Nc1ccccc1. The molecule has 2 aromatic carbocycles. The molecule has 0 aliphatic rings. The van der Waals surface area contributed by atoms with Crippen LogP contribution in [0.15, 0.2) is 69.6 Å². The Morgan fingerprint density at radius 2 is 1.60 bits per heavy atom. The number of azo groups is 1. The first-order chi connectivity index (χ1) is 9.75. The Hall–Kier alpha value is -2.95. The van der Waals surface area contributed by atoms with E-state index in [0.717, 1.165) is 0 Å². The topological polar surface area (TPSA) is 83.6 Å². The van der Waals surface area contributed by atoms with Crippen LogP contribution in [0.25, 0.3) is 10.9 Å². The Labute approximate surface area is 114 Å². The summed E-state index contributed by atoms with van der Waals surface area (Å²) in [5.41, 5.74) is 7.10. The second-order valence-electron chi connectivity index (χ2n) is 4.30. The second kappa shape index (κ2) is 4.97. The third-order valence-electron chi connectivity index (χ3n) is 2.93. The molecule has 0 spiro atoms. The van der Waals surface area contributed by atoms with Crippen molar-refractivity contribution >= 4 is 28.1 Å². The van der Waals surface area contributed by atoms with Crippen LogP contribution in [0.1, 0.15) is 0 Å². The van der Waals surface area contributed by atoms with E-state index in [-0.39, 0.29) is 16.9 Å². The van der Waals surface area contributed by atoms with E-state index in [2.05, 4.69) is 15.2 Å². The minimum absolute atomic E-state index is 0.132. The van der Waals surface area contributed by atoms with E-state index in [1.807, 2.05) is 24.3 Å². The first-order valence-electron chi connectivity index (χ1n) is 6.13. The number of aromatic nitrogens is 1. The van der Waals surface area contributed by atoms with Crippen LogP contribution in [0.5, 0.6) is 0 Å². The predicted octanol–water partition coefficient (Wildman–Crippen LogP) is 3.53. The quantitative estimate of drug-likeness (QED) is 0.694. The highest BCUT2D eigenvalue weighted by Gasteiger charge is 2.08. The van der Waals surface area contributed by atoms with Gasteiger partial charge in [-0.2, -0.15) is 5.11 Å². The molecule has 1 heterocycles. The maximum Gasteiger partial charge on any atom is 0.219 e. The van der Waals surface area contributed by atoms with Crippen molar-refractivity contribution in [1.82, 2.24) is 4.98 Å². The van der Waals surface area contributed by atoms with Crippen LogP contribution in [-0.4, -0.2) is 4.98 Å². The molecule has 0 aliphatic carbocycles. The lowest BCUT2D eigenvalue weighted by Crippen LogP contribution is -2.06. The molecule has 0 radical (unpaired) electrons. The Balaban J connectivity index is 2.13. The number of hydrogen-bond donors (Lipinski definition) is 2. The van der Waals surface area contributed by atoms with Gasteiger partial charge in [0.1, 0.15) is 5.82 Å². The summed E-state index contributed by atoms with van der Waals surface area (Å²) in [6.07, 6.45) is 0. The van der Waals surface area contributed by atoms with Gasteiger partial charge in [0.05, 0.1) is 11.2 Å². The smallest absolute Gasteiger partial charge is 0.219 e. The number of nitrogens with zero attached hydrogens (tertiary/aromatic N) is 2. The van der Waals surface area contributed by atoms with Crippen LogP contribution in [-0.2, 0) is 0 Å². The van der Waals surface area contributed by atoms with Crippen LogP contribution in [0, 0.1) is 0 Å². The molecule has 0 saturated carbocycles. The standard InChI is InChI=1S/C15H12N4O/c16-15-13(19-18-10-6-2-1-3-7-10)14(20)11-8-4-5-9-12(11)17-15/h1-9H,(H3,16,17,20). The van der Waals surface area contributed by atoms with Crippen molar-refractivity contribution in [2.45, 2.75) is 0 Å². The van der Waals surface area contributed by atoms with E-state index < -0.39 is 0 Å². The number of para-hydroxylation sites is 1. The van der Waals surface area contributed by atoms with Gasteiger partial charge in [-0.3, -0.25) is 4.79 Å². The van der Waals surface area contributed by atoms with Gasteiger partial charge in [-0.05, 0) is 24.3 Å². The van der Waals surface area contributed by atoms with Crippen molar-refractivity contribution in [2.24, 2.45) is 10.2 Å². The van der Waals surface area contributed by atoms with E-state index in [1.165, 1.54) is 0 Å². The lowest BCUT2D eigenvalue weighted by molar-refractivity contribution is 1.21. The average Bonchev–Trinajstić information content (AvgIpc) is 2.48. The molecule has 0 aliphatic heterocycles. The summed E-state index contributed by atoms with van der Waals surface area (Å²) in [6, 6.07) is 16.3. The van der Waals surface area contributed by atoms with Gasteiger partial charge in [-0.15, -0.1) is 5.11 Å². The molecule has 5 nitrogen and oxygen atoms in total. The van der Waals surface area contributed by atoms with Gasteiger partial charge in [0.15, 0.2) is 5.69 Å². The number of H-pyrrole nitrogens is 1. The third-order valence-corrected chi connectivity index (χ3v) is 2.93. The molecule has 1 aromatic heterocycles. The third kappa shape index (κ3) is 2.16. The van der Waals surface area contributed by atoms with Crippen molar-refractivity contribution in [3.8, 4) is 0 Å². The zero-order valence-corrected chi connectivity index (χ0v) is 10.6. The number of nitrogens with one attached hydrogen (secondary N) is 1. The Kier molecular flexibility index (Phi) is 3.01. The summed E-state index contributed by atoms with van der Waals surface area (Å²) in [7, 11) is 0. The van der Waals surface area contributed by atoms with Gasteiger partial charge in [0.2, 0.25) is 5.43 Å². The maximum absolute atomic E-state index is 12.3. The molecule has 3 aromatic rings. The molecular weight excluding hydrogens is 252 g/mol. The van der Waals surface area contributed by atoms with Crippen LogP contribution >= 0.6 is 0 Å². The minimum atomic E-state index is -0.225. The molecule has 0 saturated heterocycles. The van der Waals surface area contributed by atoms with Gasteiger partial charge in [0.25, 0.3) is 0 Å². The Morgan fingerprint density at radius 1 is 0.900 bits per heavy atom. The summed E-state index contributed by atoms with van der Waals surface area (Å²) in [6.45, 7) is 0. The molecule has 0 bridgehead atoms. The van der Waals surface area contributed by atoms with Gasteiger partial charge in [-0.25, -0.2) is 0 Å². The highest BCUT2D eigenvalue weighted by Crippen LogP contribution is 2.22. The highest BCUT2D eigenvalue weighted by molar-refractivity contribution is 5.84. The van der Waals surface area contributed by atoms with Crippen molar-refractivity contribution in [2.75, 3.05) is 5.73 Å². The molecule has 0 unspecified atom stereocenters. The number of aromatic amines is 1. The lowest BCUT2D eigenvalue weighted by atomic mass is 10.2. The van der Waals surface area contributed by atoms with Crippen molar-refractivity contribution in [3.63, 3.8) is 0 Å². The summed E-state index contributed by atoms with van der Waals surface area (Å²) in [5.74, 6) is 0.216. The fourth-order valence-corrected chi connectivity index (χ4v) is 1.95. The van der Waals surface area contributed by atoms with Crippen molar-refractivity contribution in [1.29, 1.82) is 0 Å². The Bertz CT molecular complexity index is 837. The van der Waals surface area contributed by atoms with Crippen LogP contribution in [0.3, 0.4) is 0 Å². The van der Waals surface area contributed by atoms with Gasteiger partial charge in [0, 0.05) is 5.39 Å². The molecule has 5 heteroatoms. The fourth-order valence-electron chi connectivity index (χ4n) is 1.95. The van der Waals surface area contributed by atoms with E-state index in [0.29, 0.717) is 16.6 Å². The van der Waals surface area contributed by atoms with Gasteiger partial charge < -0.3 is 10.7 Å². The van der Waals surface area contributed by atoms with Gasteiger partial charge >= 0.3 is 0 Å². The minimum Gasteiger partial charge on any atom is -0.383 e. The highest BCUT2D eigenvalue weighted by atomic mass is 16.1. The number of benzene rings is 2. The largest absolute Gasteiger partial charge is 0.383 e. The first kappa shape index (κ1) is 12.1. The summed E-state index contributed by atoms with van der Waals surface area (Å²) in [5, 5.41) is 8.56. The number of pyridine rings is 1. The zero-order valence-electron chi connectivity index (χ0n) is 10.6. The summed E-state index contributed by atoms with van der Waals surface area (Å²) in [4.78, 5) is 15.3. The van der Waals surface area contributed by atoms with E-state index >= 15 is 0 Å². The molecule has 3 rings (SSSR count). The monoisotopic (exact) mass is 264 g/mol. The molecule has 0 amide bonds. The van der Waals surface area contributed by atoms with Crippen LogP contribution in [0.4, 0.5) is 17.2 Å². The van der Waals surface area contributed by atoms with Crippen molar-refractivity contribution < 1.29 is 0 Å². The molecule has 3 N–H and O–H groups in total. The van der Waals surface area contributed by atoms with Crippen LogP contribution < -0.4 is 11.2 Å². The fraction of sp³-hybridized carbons (Fsp3) is 0. The number of nitrogens with two attached hydrogens (primary N) is 1. The maximum atomic E-state index is 12.3. The van der Waals surface area contributed by atoms with E-state index in [4.69, 9.17) is 5.73 Å². The van der Waals surface area contributed by atoms with Crippen LogP contribution in [0.2, 0.25) is 0 Å². The first-order valence-corrected chi connectivity index (χ1v) is 6.13.